The molecule has 5 rings (SSSR count). The number of fused-ring (bicyclic) bond motifs is 1. The Kier molecular flexibility index (Phi) is 4.62. The number of rotatable bonds is 4. The van der Waals surface area contributed by atoms with Crippen LogP contribution in [0.25, 0.3) is 0 Å². The van der Waals surface area contributed by atoms with Crippen LogP contribution < -0.4 is 9.80 Å². The zero-order valence-corrected chi connectivity index (χ0v) is 16.9. The summed E-state index contributed by atoms with van der Waals surface area (Å²) in [6.45, 7) is 6.16. The number of aromatic nitrogens is 4. The molecule has 0 atom stereocenters. The lowest BCUT2D eigenvalue weighted by Gasteiger charge is -2.40. The van der Waals surface area contributed by atoms with Crippen molar-refractivity contribution in [3.63, 3.8) is 0 Å². The van der Waals surface area contributed by atoms with Crippen molar-refractivity contribution in [1.29, 1.82) is 0 Å². The van der Waals surface area contributed by atoms with Crippen LogP contribution in [-0.4, -0.2) is 63.8 Å². The van der Waals surface area contributed by atoms with E-state index in [0.717, 1.165) is 62.8 Å². The molecule has 4 heterocycles. The van der Waals surface area contributed by atoms with Crippen molar-refractivity contribution in [2.24, 2.45) is 0 Å². The van der Waals surface area contributed by atoms with Crippen LogP contribution in [0.1, 0.15) is 42.6 Å². The summed E-state index contributed by atoms with van der Waals surface area (Å²) in [5.74, 6) is 2.15. The topological polar surface area (TPSA) is 61.3 Å². The molecular weight excluding hydrogens is 350 g/mol. The van der Waals surface area contributed by atoms with Gasteiger partial charge in [-0.1, -0.05) is 0 Å². The smallest absolute Gasteiger partial charge is 0.151 e. The van der Waals surface area contributed by atoms with E-state index >= 15 is 0 Å². The highest BCUT2D eigenvalue weighted by Crippen LogP contribution is 2.35. The van der Waals surface area contributed by atoms with Gasteiger partial charge in [-0.15, -0.1) is 5.10 Å². The first-order valence-corrected chi connectivity index (χ1v) is 10.5. The highest BCUT2D eigenvalue weighted by atomic mass is 15.3. The fraction of sp³-hybridized carbons (Fsp3) is 0.619. The highest BCUT2D eigenvalue weighted by molar-refractivity contribution is 5.46. The Morgan fingerprint density at radius 1 is 0.964 bits per heavy atom. The molecule has 2 aromatic rings. The number of likely N-dealkylation sites (N-methyl/N-ethyl adjacent to an activating group) is 1. The van der Waals surface area contributed by atoms with Crippen molar-refractivity contribution in [3.05, 3.63) is 35.4 Å². The van der Waals surface area contributed by atoms with Gasteiger partial charge < -0.3 is 14.7 Å². The molecule has 0 N–H and O–H groups in total. The standard InChI is InChI=1S/C21H29N7/c1-15-11-20(23-14-22-15)28(17-3-4-17)18-5-9-27(10-6-18)21-12-16-13-26(2)8-7-19(16)24-25-21/h11-12,14,17-18H,3-10,13H2,1-2H3. The van der Waals surface area contributed by atoms with Gasteiger partial charge in [0.2, 0.25) is 0 Å². The number of piperidine rings is 1. The molecule has 0 bridgehead atoms. The lowest BCUT2D eigenvalue weighted by atomic mass is 10.0. The van der Waals surface area contributed by atoms with Crippen LogP contribution in [0.15, 0.2) is 18.5 Å². The Hall–Kier alpha value is -2.28. The van der Waals surface area contributed by atoms with E-state index in [2.05, 4.69) is 54.0 Å². The van der Waals surface area contributed by atoms with Gasteiger partial charge in [-0.3, -0.25) is 0 Å². The van der Waals surface area contributed by atoms with Gasteiger partial charge in [0, 0.05) is 56.4 Å². The van der Waals surface area contributed by atoms with Gasteiger partial charge in [-0.25, -0.2) is 9.97 Å². The molecule has 0 amide bonds. The van der Waals surface area contributed by atoms with Crippen LogP contribution in [0.3, 0.4) is 0 Å². The summed E-state index contributed by atoms with van der Waals surface area (Å²) in [6.07, 6.45) is 7.56. The summed E-state index contributed by atoms with van der Waals surface area (Å²) in [5, 5.41) is 9.08. The van der Waals surface area contributed by atoms with E-state index in [9.17, 15) is 0 Å². The van der Waals surface area contributed by atoms with Crippen LogP contribution in [0.2, 0.25) is 0 Å². The van der Waals surface area contributed by atoms with E-state index in [1.807, 2.05) is 6.92 Å². The van der Waals surface area contributed by atoms with E-state index in [-0.39, 0.29) is 0 Å². The Bertz CT molecular complexity index is 842. The molecule has 1 aliphatic carbocycles. The largest absolute Gasteiger partial charge is 0.355 e. The fourth-order valence-corrected chi connectivity index (χ4v) is 4.59. The second-order valence-corrected chi connectivity index (χ2v) is 8.54. The first-order valence-electron chi connectivity index (χ1n) is 10.5. The minimum absolute atomic E-state index is 0.551. The zero-order valence-electron chi connectivity index (χ0n) is 16.9. The summed E-state index contributed by atoms with van der Waals surface area (Å²) in [4.78, 5) is 16.2. The van der Waals surface area contributed by atoms with Crippen molar-refractivity contribution >= 4 is 11.6 Å². The van der Waals surface area contributed by atoms with Crippen LogP contribution in [-0.2, 0) is 13.0 Å². The average Bonchev–Trinajstić information content (AvgIpc) is 3.53. The molecule has 0 aromatic carbocycles. The Balaban J connectivity index is 1.29. The third-order valence-corrected chi connectivity index (χ3v) is 6.29. The molecule has 7 heteroatoms. The molecule has 0 radical (unpaired) electrons. The number of anilines is 2. The van der Waals surface area contributed by atoms with Gasteiger partial charge in [0.15, 0.2) is 5.82 Å². The van der Waals surface area contributed by atoms with E-state index < -0.39 is 0 Å². The minimum atomic E-state index is 0.551. The molecule has 148 valence electrons. The van der Waals surface area contributed by atoms with E-state index in [4.69, 9.17) is 0 Å². The minimum Gasteiger partial charge on any atom is -0.355 e. The van der Waals surface area contributed by atoms with Crippen LogP contribution in [0.5, 0.6) is 0 Å². The van der Waals surface area contributed by atoms with Crippen molar-refractivity contribution < 1.29 is 0 Å². The summed E-state index contributed by atoms with van der Waals surface area (Å²) >= 11 is 0. The lowest BCUT2D eigenvalue weighted by molar-refractivity contribution is 0.308. The summed E-state index contributed by atoms with van der Waals surface area (Å²) in [5.41, 5.74) is 3.56. The summed E-state index contributed by atoms with van der Waals surface area (Å²) in [6, 6.07) is 5.61. The van der Waals surface area contributed by atoms with Gasteiger partial charge in [-0.05, 0) is 51.3 Å². The fourth-order valence-electron chi connectivity index (χ4n) is 4.59. The molecule has 0 unspecified atom stereocenters. The number of nitrogens with zero attached hydrogens (tertiary/aromatic N) is 7. The second-order valence-electron chi connectivity index (χ2n) is 8.54. The highest BCUT2D eigenvalue weighted by Gasteiger charge is 2.36. The molecule has 7 nitrogen and oxygen atoms in total. The predicted octanol–water partition coefficient (Wildman–Crippen LogP) is 2.20. The Labute approximate surface area is 166 Å². The van der Waals surface area contributed by atoms with Gasteiger partial charge in [0.05, 0.1) is 5.69 Å². The maximum Gasteiger partial charge on any atom is 0.151 e. The van der Waals surface area contributed by atoms with Crippen molar-refractivity contribution in [2.75, 3.05) is 36.5 Å². The van der Waals surface area contributed by atoms with Crippen LogP contribution in [0, 0.1) is 6.92 Å². The molecule has 0 spiro atoms. The first kappa shape index (κ1) is 17.8. The summed E-state index contributed by atoms with van der Waals surface area (Å²) in [7, 11) is 2.18. The van der Waals surface area contributed by atoms with Crippen LogP contribution >= 0.6 is 0 Å². The van der Waals surface area contributed by atoms with Gasteiger partial charge >= 0.3 is 0 Å². The van der Waals surface area contributed by atoms with Crippen molar-refractivity contribution in [2.45, 2.75) is 57.7 Å². The molecule has 28 heavy (non-hydrogen) atoms. The number of aryl methyl sites for hydroxylation is 1. The first-order chi connectivity index (χ1) is 13.7. The van der Waals surface area contributed by atoms with E-state index in [1.165, 1.54) is 24.1 Å². The maximum atomic E-state index is 4.58. The zero-order chi connectivity index (χ0) is 19.1. The normalized spacial score (nSPS) is 20.9. The number of hydrogen-bond donors (Lipinski definition) is 0. The quantitative estimate of drug-likeness (QED) is 0.807. The molecule has 2 aliphatic heterocycles. The van der Waals surface area contributed by atoms with Gasteiger partial charge in [-0.2, -0.15) is 5.10 Å². The lowest BCUT2D eigenvalue weighted by Crippen LogP contribution is -2.46. The monoisotopic (exact) mass is 379 g/mol. The van der Waals surface area contributed by atoms with Gasteiger partial charge in [0.25, 0.3) is 0 Å². The van der Waals surface area contributed by atoms with Crippen molar-refractivity contribution in [3.8, 4) is 0 Å². The molecule has 1 saturated carbocycles. The Morgan fingerprint density at radius 2 is 1.75 bits per heavy atom. The number of hydrogen-bond acceptors (Lipinski definition) is 7. The second kappa shape index (κ2) is 7.28. The molecule has 2 aromatic heterocycles. The SMILES string of the molecule is Cc1cc(N(C2CC2)C2CCN(c3cc4c(nn3)CCN(C)C4)CC2)ncn1. The third-order valence-electron chi connectivity index (χ3n) is 6.29. The maximum absolute atomic E-state index is 4.58. The molecular formula is C21H29N7. The summed E-state index contributed by atoms with van der Waals surface area (Å²) < 4.78 is 0. The average molecular weight is 380 g/mol. The van der Waals surface area contributed by atoms with E-state index in [0.29, 0.717) is 12.1 Å². The van der Waals surface area contributed by atoms with Gasteiger partial charge in [0.1, 0.15) is 12.1 Å². The van der Waals surface area contributed by atoms with Crippen LogP contribution in [0.4, 0.5) is 11.6 Å². The molecule has 2 fully saturated rings. The van der Waals surface area contributed by atoms with Crippen molar-refractivity contribution in [1.82, 2.24) is 25.1 Å². The predicted molar refractivity (Wildman–Crippen MR) is 110 cm³/mol. The molecule has 3 aliphatic rings. The molecule has 1 saturated heterocycles. The van der Waals surface area contributed by atoms with E-state index in [1.54, 1.807) is 6.33 Å². The third kappa shape index (κ3) is 3.55. The Morgan fingerprint density at radius 3 is 2.50 bits per heavy atom.